The first-order valence-corrected chi connectivity index (χ1v) is 13.9. The summed E-state index contributed by atoms with van der Waals surface area (Å²) in [6.07, 6.45) is 11.9. The van der Waals surface area contributed by atoms with Gasteiger partial charge in [0.1, 0.15) is 22.9 Å². The van der Waals surface area contributed by atoms with Crippen molar-refractivity contribution in [2.45, 2.75) is 132 Å². The zero-order valence-electron chi connectivity index (χ0n) is 23.6. The SMILES string of the molecule is CC(=O)C1Cc2c(C)c(O)c(C)c(C)c2O[C@@]1(C)CCC[C@H](C)CCC[C@@H](C)CCCC(C)C. The van der Waals surface area contributed by atoms with Crippen molar-refractivity contribution in [1.29, 1.82) is 0 Å². The van der Waals surface area contributed by atoms with Gasteiger partial charge in [0.25, 0.3) is 0 Å². The average molecular weight is 473 g/mol. The minimum atomic E-state index is -0.482. The van der Waals surface area contributed by atoms with E-state index in [1.807, 2.05) is 20.8 Å². The Bertz CT molecular complexity index is 825. The molecule has 0 bridgehead atoms. The fourth-order valence-electron chi connectivity index (χ4n) is 5.86. The Hall–Kier alpha value is -1.51. The number of hydrogen-bond acceptors (Lipinski definition) is 3. The summed E-state index contributed by atoms with van der Waals surface area (Å²) in [7, 11) is 0. The number of benzene rings is 1. The standard InChI is InChI=1S/C31H52O3/c1-20(2)13-10-14-21(3)15-11-16-22(4)17-12-18-31(9)28(26(8)32)19-27-25(7)29(33)23(5)24(6)30(27)34-31/h20-22,28,33H,10-19H2,1-9H3/t21-,22+,28?,31-/m0/s1. The van der Waals surface area contributed by atoms with E-state index in [0.717, 1.165) is 52.7 Å². The van der Waals surface area contributed by atoms with Gasteiger partial charge < -0.3 is 9.84 Å². The van der Waals surface area contributed by atoms with Crippen molar-refractivity contribution in [3.05, 3.63) is 22.3 Å². The van der Waals surface area contributed by atoms with Crippen LogP contribution >= 0.6 is 0 Å². The fourth-order valence-corrected chi connectivity index (χ4v) is 5.86. The predicted molar refractivity (Wildman–Crippen MR) is 144 cm³/mol. The predicted octanol–water partition coefficient (Wildman–Crippen LogP) is 8.66. The monoisotopic (exact) mass is 472 g/mol. The molecule has 0 aromatic heterocycles. The van der Waals surface area contributed by atoms with Crippen molar-refractivity contribution >= 4 is 5.78 Å². The second-order valence-electron chi connectivity index (χ2n) is 12.2. The number of fused-ring (bicyclic) bond motifs is 1. The van der Waals surface area contributed by atoms with Crippen LogP contribution in [-0.4, -0.2) is 16.5 Å². The van der Waals surface area contributed by atoms with Gasteiger partial charge in [0.15, 0.2) is 0 Å². The van der Waals surface area contributed by atoms with Crippen molar-refractivity contribution in [3.8, 4) is 11.5 Å². The molecule has 1 aliphatic rings. The van der Waals surface area contributed by atoms with Crippen LogP contribution in [0.2, 0.25) is 0 Å². The highest BCUT2D eigenvalue weighted by atomic mass is 16.5. The van der Waals surface area contributed by atoms with Crippen LogP contribution < -0.4 is 4.74 Å². The van der Waals surface area contributed by atoms with Crippen molar-refractivity contribution in [1.82, 2.24) is 0 Å². The van der Waals surface area contributed by atoms with Gasteiger partial charge in [0.05, 0.1) is 5.92 Å². The number of aromatic hydroxyl groups is 1. The number of rotatable bonds is 13. The van der Waals surface area contributed by atoms with Gasteiger partial charge in [-0.3, -0.25) is 4.79 Å². The van der Waals surface area contributed by atoms with E-state index >= 15 is 0 Å². The molecule has 0 amide bonds. The summed E-state index contributed by atoms with van der Waals surface area (Å²) in [5.41, 5.74) is 3.27. The first-order valence-electron chi connectivity index (χ1n) is 13.9. The Morgan fingerprint density at radius 3 is 1.97 bits per heavy atom. The second kappa shape index (κ2) is 12.5. The van der Waals surface area contributed by atoms with E-state index in [4.69, 9.17) is 4.74 Å². The molecule has 194 valence electrons. The number of ether oxygens (including phenoxy) is 1. The molecule has 0 radical (unpaired) electrons. The van der Waals surface area contributed by atoms with Crippen LogP contribution in [0.4, 0.5) is 0 Å². The van der Waals surface area contributed by atoms with Crippen LogP contribution in [0.5, 0.6) is 11.5 Å². The van der Waals surface area contributed by atoms with Gasteiger partial charge in [-0.1, -0.05) is 72.6 Å². The minimum absolute atomic E-state index is 0.165. The molecule has 0 fully saturated rings. The van der Waals surface area contributed by atoms with Gasteiger partial charge in [-0.25, -0.2) is 0 Å². The zero-order valence-corrected chi connectivity index (χ0v) is 23.6. The summed E-state index contributed by atoms with van der Waals surface area (Å²) in [6.45, 7) is 19.2. The molecule has 0 aliphatic carbocycles. The van der Waals surface area contributed by atoms with Crippen LogP contribution in [0.15, 0.2) is 0 Å². The highest BCUT2D eigenvalue weighted by molar-refractivity contribution is 5.81. The maximum absolute atomic E-state index is 12.6. The van der Waals surface area contributed by atoms with E-state index in [1.54, 1.807) is 6.92 Å². The number of hydrogen-bond donors (Lipinski definition) is 1. The molecule has 0 saturated heterocycles. The molecule has 1 N–H and O–H groups in total. The summed E-state index contributed by atoms with van der Waals surface area (Å²) in [4.78, 5) is 12.6. The molecule has 0 spiro atoms. The van der Waals surface area contributed by atoms with Gasteiger partial charge in [-0.2, -0.15) is 0 Å². The van der Waals surface area contributed by atoms with Crippen LogP contribution in [0.3, 0.4) is 0 Å². The van der Waals surface area contributed by atoms with Gasteiger partial charge in [-0.05, 0) is 88.3 Å². The van der Waals surface area contributed by atoms with Gasteiger partial charge >= 0.3 is 0 Å². The molecule has 0 saturated carbocycles. The van der Waals surface area contributed by atoms with Gasteiger partial charge in [-0.15, -0.1) is 0 Å². The fraction of sp³-hybridized carbons (Fsp3) is 0.774. The Morgan fingerprint density at radius 1 is 0.912 bits per heavy atom. The van der Waals surface area contributed by atoms with E-state index in [1.165, 1.54) is 44.9 Å². The average Bonchev–Trinajstić information content (AvgIpc) is 2.75. The number of phenols is 1. The van der Waals surface area contributed by atoms with Crippen LogP contribution in [0.1, 0.15) is 122 Å². The second-order valence-corrected chi connectivity index (χ2v) is 12.2. The van der Waals surface area contributed by atoms with E-state index < -0.39 is 5.60 Å². The lowest BCUT2D eigenvalue weighted by Gasteiger charge is -2.43. The molecule has 1 aromatic carbocycles. The molecule has 3 nitrogen and oxygen atoms in total. The number of phenolic OH excluding ortho intramolecular Hbond substituents is 1. The maximum atomic E-state index is 12.6. The third kappa shape index (κ3) is 7.25. The van der Waals surface area contributed by atoms with Crippen molar-refractivity contribution in [3.63, 3.8) is 0 Å². The van der Waals surface area contributed by atoms with Crippen molar-refractivity contribution in [2.75, 3.05) is 0 Å². The van der Waals surface area contributed by atoms with Gasteiger partial charge in [0, 0.05) is 5.56 Å². The molecule has 1 aromatic rings. The lowest BCUT2D eigenvalue weighted by molar-refractivity contribution is -0.129. The lowest BCUT2D eigenvalue weighted by Crippen LogP contribution is -2.48. The maximum Gasteiger partial charge on any atom is 0.137 e. The Morgan fingerprint density at radius 2 is 1.44 bits per heavy atom. The molecule has 2 rings (SSSR count). The number of carbonyl (C=O) groups is 1. The number of Topliss-reactive ketones (excluding diaryl/α,β-unsaturated/α-hetero) is 1. The highest BCUT2D eigenvalue weighted by Gasteiger charge is 2.44. The first kappa shape index (κ1) is 28.7. The Balaban J connectivity index is 1.91. The largest absolute Gasteiger partial charge is 0.507 e. The number of ketones is 1. The zero-order chi connectivity index (χ0) is 25.6. The van der Waals surface area contributed by atoms with Crippen LogP contribution in [0, 0.1) is 44.4 Å². The summed E-state index contributed by atoms with van der Waals surface area (Å²) >= 11 is 0. The third-order valence-corrected chi connectivity index (χ3v) is 8.55. The quantitative estimate of drug-likeness (QED) is 0.312. The molecule has 34 heavy (non-hydrogen) atoms. The van der Waals surface area contributed by atoms with Gasteiger partial charge in [0.2, 0.25) is 0 Å². The molecule has 1 aliphatic heterocycles. The first-order chi connectivity index (χ1) is 15.9. The summed E-state index contributed by atoms with van der Waals surface area (Å²) in [5, 5.41) is 10.5. The number of carbonyl (C=O) groups excluding carboxylic acids is 1. The van der Waals surface area contributed by atoms with Crippen LogP contribution in [0.25, 0.3) is 0 Å². The van der Waals surface area contributed by atoms with Crippen molar-refractivity contribution < 1.29 is 14.6 Å². The topological polar surface area (TPSA) is 46.5 Å². The normalized spacial score (nSPS) is 21.8. The molecule has 4 atom stereocenters. The van der Waals surface area contributed by atoms with E-state index in [2.05, 4.69) is 34.6 Å². The summed E-state index contributed by atoms with van der Waals surface area (Å²) < 4.78 is 6.66. The minimum Gasteiger partial charge on any atom is -0.507 e. The highest BCUT2D eigenvalue weighted by Crippen LogP contribution is 2.47. The molecule has 1 unspecified atom stereocenters. The Kier molecular flexibility index (Phi) is 10.5. The van der Waals surface area contributed by atoms with E-state index in [0.29, 0.717) is 18.1 Å². The van der Waals surface area contributed by atoms with E-state index in [9.17, 15) is 9.90 Å². The molecule has 1 heterocycles. The summed E-state index contributed by atoms with van der Waals surface area (Å²) in [5.74, 6) is 3.63. The molecule has 3 heteroatoms. The Labute approximate surface area is 210 Å². The van der Waals surface area contributed by atoms with Crippen molar-refractivity contribution in [2.24, 2.45) is 23.7 Å². The van der Waals surface area contributed by atoms with E-state index in [-0.39, 0.29) is 11.7 Å². The van der Waals surface area contributed by atoms with Crippen LogP contribution in [-0.2, 0) is 11.2 Å². The molecular weight excluding hydrogens is 420 g/mol. The molecular formula is C31H52O3. The third-order valence-electron chi connectivity index (χ3n) is 8.55. The smallest absolute Gasteiger partial charge is 0.137 e. The summed E-state index contributed by atoms with van der Waals surface area (Å²) in [6, 6.07) is 0. The lowest BCUT2D eigenvalue weighted by atomic mass is 9.74.